The highest BCUT2D eigenvalue weighted by Gasteiger charge is 2.23. The van der Waals surface area contributed by atoms with Gasteiger partial charge in [0.15, 0.2) is 0 Å². The van der Waals surface area contributed by atoms with Crippen LogP contribution in [-0.4, -0.2) is 0 Å². The third kappa shape index (κ3) is 2.44. The van der Waals surface area contributed by atoms with Crippen molar-refractivity contribution in [1.29, 1.82) is 0 Å². The Bertz CT molecular complexity index is 845. The molecule has 0 unspecified atom stereocenters. The maximum absolute atomic E-state index is 12.2. The monoisotopic (exact) mass is 366 g/mol. The third-order valence-electron chi connectivity index (χ3n) is 4.15. The van der Waals surface area contributed by atoms with Crippen LogP contribution in [0.25, 0.3) is 20.9 Å². The molecule has 0 fully saturated rings. The standard InChI is InChI=1S/C17H18OS4/c1-7-9(3)19-11(5)13(7)15-16(22-17(18)21-15)14-8(2)10(4)20-12(14)6/h1-6H3. The Kier molecular flexibility index (Phi) is 4.18. The molecule has 3 heterocycles. The minimum absolute atomic E-state index is 0.190. The zero-order chi connectivity index (χ0) is 16.2. The molecule has 0 radical (unpaired) electrons. The molecule has 0 aromatic carbocycles. The second kappa shape index (κ2) is 5.71. The minimum atomic E-state index is 0.190. The maximum atomic E-state index is 12.2. The van der Waals surface area contributed by atoms with Crippen LogP contribution in [0.3, 0.4) is 0 Å². The van der Waals surface area contributed by atoms with Crippen molar-refractivity contribution in [1.82, 2.24) is 0 Å². The van der Waals surface area contributed by atoms with Crippen molar-refractivity contribution in [3.8, 4) is 20.9 Å². The van der Waals surface area contributed by atoms with Crippen LogP contribution in [0, 0.1) is 41.5 Å². The van der Waals surface area contributed by atoms with Crippen molar-refractivity contribution in [2.75, 3.05) is 0 Å². The van der Waals surface area contributed by atoms with E-state index in [1.54, 1.807) is 0 Å². The number of hydrogen-bond acceptors (Lipinski definition) is 5. The zero-order valence-electron chi connectivity index (χ0n) is 13.5. The Morgan fingerprint density at radius 1 is 0.545 bits per heavy atom. The molecule has 3 rings (SSSR count). The molecule has 0 saturated carbocycles. The molecule has 0 aliphatic heterocycles. The summed E-state index contributed by atoms with van der Waals surface area (Å²) < 4.78 is 0.190. The van der Waals surface area contributed by atoms with E-state index >= 15 is 0 Å². The second-order valence-corrected chi connectivity index (χ2v) is 10.6. The van der Waals surface area contributed by atoms with E-state index in [2.05, 4.69) is 41.5 Å². The predicted octanol–water partition coefficient (Wildman–Crippen LogP) is 6.48. The molecule has 1 nitrogen and oxygen atoms in total. The summed E-state index contributed by atoms with van der Waals surface area (Å²) in [7, 11) is 0. The molecule has 0 atom stereocenters. The van der Waals surface area contributed by atoms with Crippen molar-refractivity contribution in [3.63, 3.8) is 0 Å². The van der Waals surface area contributed by atoms with Crippen LogP contribution >= 0.6 is 45.3 Å². The van der Waals surface area contributed by atoms with Crippen molar-refractivity contribution in [3.05, 3.63) is 39.5 Å². The summed E-state index contributed by atoms with van der Waals surface area (Å²) in [4.78, 5) is 19.8. The molecule has 3 aromatic heterocycles. The van der Waals surface area contributed by atoms with Gasteiger partial charge in [0, 0.05) is 30.6 Å². The molecule has 0 saturated heterocycles. The molecule has 0 bridgehead atoms. The molecule has 5 heteroatoms. The summed E-state index contributed by atoms with van der Waals surface area (Å²) >= 11 is 6.47. The zero-order valence-corrected chi connectivity index (χ0v) is 16.8. The second-order valence-electron chi connectivity index (χ2n) is 5.54. The van der Waals surface area contributed by atoms with Crippen molar-refractivity contribution < 1.29 is 0 Å². The Morgan fingerprint density at radius 2 is 0.909 bits per heavy atom. The van der Waals surface area contributed by atoms with Gasteiger partial charge in [0.05, 0.1) is 9.75 Å². The number of rotatable bonds is 2. The third-order valence-corrected chi connectivity index (χ3v) is 8.59. The summed E-state index contributed by atoms with van der Waals surface area (Å²) in [5.41, 5.74) is 5.20. The Hall–Kier alpha value is -0.750. The van der Waals surface area contributed by atoms with Crippen molar-refractivity contribution in [2.24, 2.45) is 0 Å². The average Bonchev–Trinajstić information content (AvgIpc) is 2.98. The first-order valence-corrected chi connectivity index (χ1v) is 10.4. The van der Waals surface area contributed by atoms with Crippen LogP contribution in [0.2, 0.25) is 0 Å². The van der Waals surface area contributed by atoms with Gasteiger partial charge in [0.25, 0.3) is 4.06 Å². The van der Waals surface area contributed by atoms with E-state index in [1.807, 2.05) is 22.7 Å². The largest absolute Gasteiger partial charge is 0.288 e. The smallest absolute Gasteiger partial charge is 0.265 e. The lowest BCUT2D eigenvalue weighted by molar-refractivity contribution is 1.42. The van der Waals surface area contributed by atoms with Gasteiger partial charge in [-0.25, -0.2) is 0 Å². The molecule has 0 aliphatic carbocycles. The Balaban J connectivity index is 2.35. The van der Waals surface area contributed by atoms with Gasteiger partial charge in [-0.05, 0) is 52.7 Å². The van der Waals surface area contributed by atoms with Gasteiger partial charge < -0.3 is 0 Å². The Morgan fingerprint density at radius 3 is 1.18 bits per heavy atom. The molecule has 3 aromatic rings. The van der Waals surface area contributed by atoms with Crippen molar-refractivity contribution >= 4 is 45.3 Å². The van der Waals surface area contributed by atoms with Crippen LogP contribution < -0.4 is 4.06 Å². The van der Waals surface area contributed by atoms with Gasteiger partial charge in [0.2, 0.25) is 0 Å². The molecular weight excluding hydrogens is 348 g/mol. The van der Waals surface area contributed by atoms with E-state index in [-0.39, 0.29) is 4.06 Å². The van der Waals surface area contributed by atoms with E-state index in [0.717, 1.165) is 0 Å². The molecule has 0 aliphatic rings. The summed E-state index contributed by atoms with van der Waals surface area (Å²) in [5, 5.41) is 0. The fraction of sp³-hybridized carbons (Fsp3) is 0.353. The first-order chi connectivity index (χ1) is 10.3. The van der Waals surface area contributed by atoms with Gasteiger partial charge >= 0.3 is 0 Å². The molecule has 0 N–H and O–H groups in total. The van der Waals surface area contributed by atoms with E-state index in [1.165, 1.54) is 74.2 Å². The molecular formula is C17H18OS4. The van der Waals surface area contributed by atoms with Crippen LogP contribution in [0.1, 0.15) is 30.6 Å². The van der Waals surface area contributed by atoms with Gasteiger partial charge in [-0.1, -0.05) is 22.7 Å². The summed E-state index contributed by atoms with van der Waals surface area (Å²) in [6, 6.07) is 0. The van der Waals surface area contributed by atoms with Crippen molar-refractivity contribution in [2.45, 2.75) is 41.5 Å². The lowest BCUT2D eigenvalue weighted by Gasteiger charge is -2.06. The number of aryl methyl sites for hydroxylation is 4. The number of hydrogen-bond donors (Lipinski definition) is 0. The lowest BCUT2D eigenvalue weighted by Crippen LogP contribution is -1.84. The quantitative estimate of drug-likeness (QED) is 0.507. The summed E-state index contributed by atoms with van der Waals surface area (Å²) in [6.07, 6.45) is 0. The topological polar surface area (TPSA) is 17.1 Å². The minimum Gasteiger partial charge on any atom is -0.265 e. The fourth-order valence-corrected chi connectivity index (χ4v) is 7.59. The SMILES string of the molecule is Cc1sc(C)c(-c2sc(=O)sc2-c2c(C)sc(C)c2C)c1C. The van der Waals surface area contributed by atoms with E-state index < -0.39 is 0 Å². The molecule has 0 spiro atoms. The predicted molar refractivity (Wildman–Crippen MR) is 104 cm³/mol. The summed E-state index contributed by atoms with van der Waals surface area (Å²) in [6.45, 7) is 13.0. The van der Waals surface area contributed by atoms with Gasteiger partial charge in [0.1, 0.15) is 0 Å². The summed E-state index contributed by atoms with van der Waals surface area (Å²) in [5.74, 6) is 0. The maximum Gasteiger partial charge on any atom is 0.288 e. The highest BCUT2D eigenvalue weighted by atomic mass is 32.2. The molecule has 116 valence electrons. The van der Waals surface area contributed by atoms with Gasteiger partial charge in [-0.15, -0.1) is 22.7 Å². The van der Waals surface area contributed by atoms with Crippen LogP contribution in [0.5, 0.6) is 0 Å². The van der Waals surface area contributed by atoms with E-state index in [9.17, 15) is 4.79 Å². The van der Waals surface area contributed by atoms with Crippen LogP contribution in [0.15, 0.2) is 4.79 Å². The Labute approximate surface area is 146 Å². The van der Waals surface area contributed by atoms with E-state index in [0.29, 0.717) is 0 Å². The average molecular weight is 367 g/mol. The highest BCUT2D eigenvalue weighted by molar-refractivity contribution is 7.32. The normalized spacial score (nSPS) is 11.4. The van der Waals surface area contributed by atoms with Crippen LogP contribution in [-0.2, 0) is 0 Å². The molecule has 0 amide bonds. The number of thiophene rings is 2. The van der Waals surface area contributed by atoms with Crippen LogP contribution in [0.4, 0.5) is 0 Å². The first-order valence-electron chi connectivity index (χ1n) is 7.09. The lowest BCUT2D eigenvalue weighted by atomic mass is 10.0. The van der Waals surface area contributed by atoms with Gasteiger partial charge in [-0.2, -0.15) is 0 Å². The first kappa shape index (κ1) is 16.1. The fourth-order valence-electron chi connectivity index (χ4n) is 2.86. The van der Waals surface area contributed by atoms with Gasteiger partial charge in [-0.3, -0.25) is 4.79 Å². The molecule has 22 heavy (non-hydrogen) atoms. The highest BCUT2D eigenvalue weighted by Crippen LogP contribution is 2.47. The van der Waals surface area contributed by atoms with E-state index in [4.69, 9.17) is 0 Å².